The summed E-state index contributed by atoms with van der Waals surface area (Å²) in [5.74, 6) is -0.734. The van der Waals surface area contributed by atoms with Crippen LogP contribution in [0.3, 0.4) is 0 Å². The zero-order chi connectivity index (χ0) is 37.6. The maximum atomic E-state index is 17.0. The van der Waals surface area contributed by atoms with Crippen LogP contribution in [0.1, 0.15) is 36.3 Å². The molecule has 54 heavy (non-hydrogen) atoms. The lowest BCUT2D eigenvalue weighted by atomic mass is 9.95. The number of pyridine rings is 1. The first-order chi connectivity index (χ1) is 26.2. The lowest BCUT2D eigenvalue weighted by Gasteiger charge is -2.41. The molecule has 0 N–H and O–H groups in total. The summed E-state index contributed by atoms with van der Waals surface area (Å²) in [7, 11) is 0. The summed E-state index contributed by atoms with van der Waals surface area (Å²) in [4.78, 5) is 36.2. The van der Waals surface area contributed by atoms with Gasteiger partial charge >= 0.3 is 6.01 Å². The van der Waals surface area contributed by atoms with E-state index in [4.69, 9.17) is 16.1 Å². The van der Waals surface area contributed by atoms with E-state index in [-0.39, 0.29) is 72.2 Å². The first kappa shape index (κ1) is 35.4. The van der Waals surface area contributed by atoms with Gasteiger partial charge in [-0.05, 0) is 30.8 Å². The molecule has 15 heteroatoms. The summed E-state index contributed by atoms with van der Waals surface area (Å²) in [6.07, 6.45) is 10.5. The third kappa shape index (κ3) is 6.27. The van der Waals surface area contributed by atoms with Gasteiger partial charge in [-0.1, -0.05) is 30.2 Å². The lowest BCUT2D eigenvalue weighted by Crippen LogP contribution is -2.55. The van der Waals surface area contributed by atoms with Crippen molar-refractivity contribution >= 4 is 50.8 Å². The lowest BCUT2D eigenvalue weighted by molar-refractivity contribution is -0.131. The Morgan fingerprint density at radius 1 is 1.15 bits per heavy atom. The van der Waals surface area contributed by atoms with Gasteiger partial charge in [-0.15, -0.1) is 17.8 Å². The molecule has 1 amide bonds. The van der Waals surface area contributed by atoms with Gasteiger partial charge in [0.05, 0.1) is 35.0 Å². The molecule has 0 aliphatic carbocycles. The Balaban J connectivity index is 1.20. The number of nitriles is 1. The van der Waals surface area contributed by atoms with E-state index in [0.717, 1.165) is 25.5 Å². The predicted octanol–water partition coefficient (Wildman–Crippen LogP) is 6.46. The first-order valence-electron chi connectivity index (χ1n) is 17.5. The molecule has 5 aromatic rings. The summed E-state index contributed by atoms with van der Waals surface area (Å²) in [5, 5.41) is 12.8. The number of benzene rings is 2. The molecule has 0 saturated carbocycles. The Bertz CT molecular complexity index is 2400. The van der Waals surface area contributed by atoms with Crippen LogP contribution in [0, 0.1) is 35.3 Å². The topological polar surface area (TPSA) is 111 Å². The average molecular weight is 753 g/mol. The highest BCUT2D eigenvalue weighted by atomic mass is 32.1. The van der Waals surface area contributed by atoms with Crippen LogP contribution in [0.4, 0.5) is 23.4 Å². The van der Waals surface area contributed by atoms with E-state index in [2.05, 4.69) is 31.8 Å². The van der Waals surface area contributed by atoms with Crippen molar-refractivity contribution in [2.45, 2.75) is 43.4 Å². The van der Waals surface area contributed by atoms with Crippen LogP contribution in [0.25, 0.3) is 39.0 Å². The van der Waals surface area contributed by atoms with Gasteiger partial charge in [0.15, 0.2) is 11.6 Å². The van der Waals surface area contributed by atoms with Crippen LogP contribution >= 0.6 is 11.3 Å². The predicted molar refractivity (Wildman–Crippen MR) is 196 cm³/mol. The number of halogens is 4. The fourth-order valence-corrected chi connectivity index (χ4v) is 8.62. The van der Waals surface area contributed by atoms with Gasteiger partial charge in [-0.25, -0.2) is 22.5 Å². The number of hydrogen-bond acceptors (Lipinski definition) is 10. The van der Waals surface area contributed by atoms with Crippen molar-refractivity contribution in [1.82, 2.24) is 29.7 Å². The number of thiazole rings is 1. The number of hydrogen-bond donors (Lipinski definition) is 0. The Morgan fingerprint density at radius 3 is 2.81 bits per heavy atom. The molecule has 8 rings (SSSR count). The second kappa shape index (κ2) is 14.3. The molecule has 6 heterocycles. The van der Waals surface area contributed by atoms with E-state index in [1.165, 1.54) is 34.7 Å². The van der Waals surface area contributed by atoms with Gasteiger partial charge in [-0.2, -0.15) is 15.2 Å². The largest absolute Gasteiger partial charge is 0.461 e. The molecule has 3 fully saturated rings. The number of terminal acetylenes is 1. The van der Waals surface area contributed by atoms with E-state index in [1.54, 1.807) is 34.5 Å². The zero-order valence-corrected chi connectivity index (χ0v) is 29.6. The van der Waals surface area contributed by atoms with Gasteiger partial charge in [0.2, 0.25) is 0 Å². The quantitative estimate of drug-likeness (QED) is 0.100. The van der Waals surface area contributed by atoms with Crippen LogP contribution in [0.5, 0.6) is 6.01 Å². The SMILES string of the molecule is C#Cc1c(F)ccc2cccc(-c3ncc4c(N5CCN(C(=O)/C(F)=C/c6nccs6)C(CC#N)C5)nc(OC[C@@]56CCCN5CC(F)C6)nc4c3F)c12. The maximum Gasteiger partial charge on any atom is 0.319 e. The van der Waals surface area contributed by atoms with Gasteiger partial charge in [0, 0.05) is 67.4 Å². The summed E-state index contributed by atoms with van der Waals surface area (Å²) in [6, 6.07) is 9.03. The summed E-state index contributed by atoms with van der Waals surface area (Å²) in [6.45, 7) is 1.34. The van der Waals surface area contributed by atoms with Crippen LogP contribution in [0.15, 0.2) is 53.9 Å². The molecule has 274 valence electrons. The minimum absolute atomic E-state index is 0.0202. The molecule has 3 aromatic heterocycles. The van der Waals surface area contributed by atoms with Crippen molar-refractivity contribution in [2.75, 3.05) is 44.2 Å². The molecule has 10 nitrogen and oxygen atoms in total. The van der Waals surface area contributed by atoms with Crippen molar-refractivity contribution in [3.63, 3.8) is 0 Å². The minimum atomic E-state index is -1.01. The number of carbonyl (C=O) groups excluding carboxylic acids is 1. The third-order valence-corrected chi connectivity index (χ3v) is 11.3. The zero-order valence-electron chi connectivity index (χ0n) is 28.8. The fraction of sp³-hybridized carbons (Fsp3) is 0.333. The molecule has 0 bridgehead atoms. The standard InChI is InChI=1S/C39H32F4N8O2S/c1-2-26-29(41)8-7-23-5-3-6-27(32(23)26)34-33(43)35-28(19-46-34)36(48-38(47-35)53-22-39-10-4-13-50(39)20-24(40)18-39)49-14-15-51(25(21-49)9-11-44)37(52)30(42)17-31-45-12-16-54-31/h1,3,5-8,12,16-17,19,24-25H,4,9-10,13-15,18,20-22H2/b30-17-/t24?,25?,39-/m0/s1. The average Bonchev–Trinajstić information content (AvgIpc) is 3.90. The Hall–Kier alpha value is -5.64. The molecule has 3 atom stereocenters. The molecule has 2 unspecified atom stereocenters. The van der Waals surface area contributed by atoms with E-state index in [0.29, 0.717) is 28.7 Å². The molecule has 3 saturated heterocycles. The number of piperazine rings is 1. The number of nitrogens with zero attached hydrogens (tertiary/aromatic N) is 8. The van der Waals surface area contributed by atoms with Crippen molar-refractivity contribution in [2.24, 2.45) is 0 Å². The van der Waals surface area contributed by atoms with Gasteiger partial charge in [-0.3, -0.25) is 14.7 Å². The third-order valence-electron chi connectivity index (χ3n) is 10.5. The summed E-state index contributed by atoms with van der Waals surface area (Å²) >= 11 is 1.18. The summed E-state index contributed by atoms with van der Waals surface area (Å²) < 4.78 is 67.9. The van der Waals surface area contributed by atoms with Crippen LogP contribution in [-0.4, -0.2) is 92.7 Å². The summed E-state index contributed by atoms with van der Waals surface area (Å²) in [5.41, 5.74) is -0.578. The van der Waals surface area contributed by atoms with E-state index < -0.39 is 41.1 Å². The second-order valence-corrected chi connectivity index (χ2v) is 14.6. The molecular weight excluding hydrogens is 721 g/mol. The van der Waals surface area contributed by atoms with Gasteiger partial charge < -0.3 is 14.5 Å². The Kier molecular flexibility index (Phi) is 9.37. The number of alkyl halides is 1. The highest BCUT2D eigenvalue weighted by Gasteiger charge is 2.49. The minimum Gasteiger partial charge on any atom is -0.461 e. The smallest absolute Gasteiger partial charge is 0.319 e. The van der Waals surface area contributed by atoms with Crippen LogP contribution < -0.4 is 9.64 Å². The highest BCUT2D eigenvalue weighted by Crippen LogP contribution is 2.41. The number of ether oxygens (including phenoxy) is 1. The molecule has 3 aliphatic heterocycles. The molecular formula is C39H32F4N8O2S. The van der Waals surface area contributed by atoms with Crippen molar-refractivity contribution < 1.29 is 27.1 Å². The molecule has 3 aliphatic rings. The van der Waals surface area contributed by atoms with Gasteiger partial charge in [0.1, 0.15) is 40.6 Å². The normalized spacial score (nSPS) is 21.7. The first-order valence-corrected chi connectivity index (χ1v) is 18.3. The highest BCUT2D eigenvalue weighted by molar-refractivity contribution is 7.10. The number of anilines is 1. The van der Waals surface area contributed by atoms with E-state index in [9.17, 15) is 18.8 Å². The number of carbonyl (C=O) groups is 1. The monoisotopic (exact) mass is 752 g/mol. The van der Waals surface area contributed by atoms with E-state index >= 15 is 8.78 Å². The van der Waals surface area contributed by atoms with Gasteiger partial charge in [0.25, 0.3) is 5.91 Å². The Labute approximate surface area is 311 Å². The maximum absolute atomic E-state index is 17.0. The fourth-order valence-electron chi connectivity index (χ4n) is 8.06. The van der Waals surface area contributed by atoms with Crippen molar-refractivity contribution in [1.29, 1.82) is 5.26 Å². The molecule has 0 spiro atoms. The second-order valence-electron chi connectivity index (χ2n) is 13.7. The number of amides is 1. The molecule has 2 aromatic carbocycles. The Morgan fingerprint density at radius 2 is 2.02 bits per heavy atom. The number of aromatic nitrogens is 4. The van der Waals surface area contributed by atoms with Crippen molar-refractivity contribution in [3.8, 4) is 35.7 Å². The molecule has 0 radical (unpaired) electrons. The van der Waals surface area contributed by atoms with Crippen LogP contribution in [-0.2, 0) is 4.79 Å². The number of fused-ring (bicyclic) bond motifs is 3. The van der Waals surface area contributed by atoms with E-state index in [1.807, 2.05) is 0 Å². The van der Waals surface area contributed by atoms with Crippen LogP contribution in [0.2, 0.25) is 0 Å². The number of rotatable bonds is 8. The van der Waals surface area contributed by atoms with Crippen molar-refractivity contribution in [3.05, 3.63) is 76.1 Å².